The summed E-state index contributed by atoms with van der Waals surface area (Å²) in [6, 6.07) is 11.6. The molecular formula is C24H33N5O3. The number of methoxy groups -OCH3 is 1. The highest BCUT2D eigenvalue weighted by atomic mass is 16.5. The number of hydrogen-bond acceptors (Lipinski definition) is 6. The molecule has 0 unspecified atom stereocenters. The third-order valence-corrected chi connectivity index (χ3v) is 5.88. The molecule has 0 aliphatic carbocycles. The van der Waals surface area contributed by atoms with Crippen molar-refractivity contribution in [1.29, 1.82) is 0 Å². The van der Waals surface area contributed by atoms with Gasteiger partial charge in [0.15, 0.2) is 0 Å². The van der Waals surface area contributed by atoms with E-state index in [4.69, 9.17) is 4.74 Å². The molecule has 0 radical (unpaired) electrons. The number of likely N-dealkylation sites (N-methyl/N-ethyl adjacent to an activating group) is 1. The summed E-state index contributed by atoms with van der Waals surface area (Å²) >= 11 is 0. The first-order valence-corrected chi connectivity index (χ1v) is 11.2. The van der Waals surface area contributed by atoms with Gasteiger partial charge in [-0.2, -0.15) is 0 Å². The standard InChI is InChI=1S/C24H33N5O3/c1-3-28-13-15-29(16-14-28)22(20-5-4-11-25-17-20)18-27-24(31)23(30)26-12-10-19-6-8-21(32-2)9-7-19/h4-9,11,17,22H,3,10,12-16,18H2,1-2H3,(H,26,30)(H,27,31)/t22-/m0/s1. The topological polar surface area (TPSA) is 86.8 Å². The van der Waals surface area contributed by atoms with Crippen molar-refractivity contribution in [2.75, 3.05) is 52.9 Å². The molecule has 1 aromatic carbocycles. The number of nitrogens with zero attached hydrogens (tertiary/aromatic N) is 3. The van der Waals surface area contributed by atoms with Crippen molar-refractivity contribution in [3.63, 3.8) is 0 Å². The Hall–Kier alpha value is -2.97. The zero-order valence-electron chi connectivity index (χ0n) is 18.9. The highest BCUT2D eigenvalue weighted by molar-refractivity contribution is 6.35. The molecule has 172 valence electrons. The zero-order valence-corrected chi connectivity index (χ0v) is 18.9. The molecule has 2 amide bonds. The minimum absolute atomic E-state index is 0.0150. The number of piperazine rings is 1. The van der Waals surface area contributed by atoms with Crippen LogP contribution in [0.4, 0.5) is 0 Å². The first-order chi connectivity index (χ1) is 15.6. The van der Waals surface area contributed by atoms with Crippen LogP contribution in [-0.4, -0.2) is 79.5 Å². The second-order valence-corrected chi connectivity index (χ2v) is 7.84. The van der Waals surface area contributed by atoms with E-state index in [2.05, 4.69) is 32.3 Å². The van der Waals surface area contributed by atoms with Crippen LogP contribution >= 0.6 is 0 Å². The number of aromatic nitrogens is 1. The van der Waals surface area contributed by atoms with E-state index in [1.165, 1.54) is 0 Å². The van der Waals surface area contributed by atoms with Crippen LogP contribution in [0.2, 0.25) is 0 Å². The van der Waals surface area contributed by atoms with E-state index in [0.29, 0.717) is 19.5 Å². The van der Waals surface area contributed by atoms with E-state index in [1.54, 1.807) is 13.3 Å². The maximum absolute atomic E-state index is 12.4. The largest absolute Gasteiger partial charge is 0.497 e. The maximum atomic E-state index is 12.4. The molecule has 1 fully saturated rings. The predicted molar refractivity (Wildman–Crippen MR) is 123 cm³/mol. The van der Waals surface area contributed by atoms with Gasteiger partial charge in [0.05, 0.1) is 13.2 Å². The summed E-state index contributed by atoms with van der Waals surface area (Å²) in [6.45, 7) is 7.78. The van der Waals surface area contributed by atoms with Gasteiger partial charge in [-0.15, -0.1) is 0 Å². The van der Waals surface area contributed by atoms with Gasteiger partial charge in [0.1, 0.15) is 5.75 Å². The molecule has 8 heteroatoms. The second-order valence-electron chi connectivity index (χ2n) is 7.84. The number of rotatable bonds is 9. The highest BCUT2D eigenvalue weighted by Crippen LogP contribution is 2.21. The van der Waals surface area contributed by atoms with Crippen LogP contribution in [0.3, 0.4) is 0 Å². The SMILES string of the molecule is CCN1CCN([C@@H](CNC(=O)C(=O)NCCc2ccc(OC)cc2)c2cccnc2)CC1. The summed E-state index contributed by atoms with van der Waals surface area (Å²) < 4.78 is 5.14. The van der Waals surface area contributed by atoms with Gasteiger partial charge in [0, 0.05) is 51.7 Å². The quantitative estimate of drug-likeness (QED) is 0.572. The molecule has 1 atom stereocenters. The molecule has 8 nitrogen and oxygen atoms in total. The lowest BCUT2D eigenvalue weighted by Crippen LogP contribution is -2.50. The van der Waals surface area contributed by atoms with Crippen molar-refractivity contribution in [1.82, 2.24) is 25.4 Å². The molecule has 2 N–H and O–H groups in total. The molecule has 2 heterocycles. The molecule has 2 aromatic rings. The summed E-state index contributed by atoms with van der Waals surface area (Å²) in [7, 11) is 1.62. The van der Waals surface area contributed by atoms with Crippen molar-refractivity contribution < 1.29 is 14.3 Å². The Morgan fingerprint density at radius 3 is 2.41 bits per heavy atom. The molecular weight excluding hydrogens is 406 g/mol. The molecule has 1 aromatic heterocycles. The number of carbonyl (C=O) groups is 2. The number of benzene rings is 1. The normalized spacial score (nSPS) is 15.7. The van der Waals surface area contributed by atoms with Gasteiger partial charge in [-0.05, 0) is 42.3 Å². The number of amides is 2. The number of carbonyl (C=O) groups excluding carboxylic acids is 2. The molecule has 3 rings (SSSR count). The summed E-state index contributed by atoms with van der Waals surface area (Å²) in [5, 5.41) is 5.52. The lowest BCUT2D eigenvalue weighted by atomic mass is 10.1. The predicted octanol–water partition coefficient (Wildman–Crippen LogP) is 1.24. The first-order valence-electron chi connectivity index (χ1n) is 11.2. The molecule has 1 aliphatic heterocycles. The summed E-state index contributed by atoms with van der Waals surface area (Å²) in [4.78, 5) is 33.7. The van der Waals surface area contributed by atoms with Crippen molar-refractivity contribution >= 4 is 11.8 Å². The van der Waals surface area contributed by atoms with Gasteiger partial charge < -0.3 is 20.3 Å². The number of hydrogen-bond donors (Lipinski definition) is 2. The lowest BCUT2D eigenvalue weighted by Gasteiger charge is -2.39. The smallest absolute Gasteiger partial charge is 0.309 e. The third kappa shape index (κ3) is 6.77. The molecule has 32 heavy (non-hydrogen) atoms. The average molecular weight is 440 g/mol. The van der Waals surface area contributed by atoms with Gasteiger partial charge >= 0.3 is 11.8 Å². The Labute approximate surface area is 190 Å². The zero-order chi connectivity index (χ0) is 22.8. The van der Waals surface area contributed by atoms with Crippen molar-refractivity contribution in [2.45, 2.75) is 19.4 Å². The first kappa shape index (κ1) is 23.7. The Morgan fingerprint density at radius 1 is 1.06 bits per heavy atom. The summed E-state index contributed by atoms with van der Waals surface area (Å²) in [6.07, 6.45) is 4.21. The second kappa shape index (κ2) is 12.2. The van der Waals surface area contributed by atoms with Crippen LogP contribution < -0.4 is 15.4 Å². The maximum Gasteiger partial charge on any atom is 0.309 e. The van der Waals surface area contributed by atoms with E-state index >= 15 is 0 Å². The van der Waals surface area contributed by atoms with Gasteiger partial charge in [0.25, 0.3) is 0 Å². The number of ether oxygens (including phenoxy) is 1. The Kier molecular flexibility index (Phi) is 9.01. The van der Waals surface area contributed by atoms with E-state index < -0.39 is 11.8 Å². The van der Waals surface area contributed by atoms with Crippen molar-refractivity contribution in [3.05, 3.63) is 59.9 Å². The Balaban J connectivity index is 1.49. The van der Waals surface area contributed by atoms with Gasteiger partial charge in [-0.3, -0.25) is 19.5 Å². The van der Waals surface area contributed by atoms with Crippen LogP contribution in [0.25, 0.3) is 0 Å². The van der Waals surface area contributed by atoms with Crippen LogP contribution in [0.5, 0.6) is 5.75 Å². The third-order valence-electron chi connectivity index (χ3n) is 5.88. The van der Waals surface area contributed by atoms with Crippen LogP contribution in [0.1, 0.15) is 24.1 Å². The van der Waals surface area contributed by atoms with Crippen LogP contribution in [-0.2, 0) is 16.0 Å². The summed E-state index contributed by atoms with van der Waals surface area (Å²) in [5.74, 6) is -0.434. The van der Waals surface area contributed by atoms with Crippen LogP contribution in [0, 0.1) is 0 Å². The number of pyridine rings is 1. The Bertz CT molecular complexity index is 852. The van der Waals surface area contributed by atoms with Crippen LogP contribution in [0.15, 0.2) is 48.8 Å². The molecule has 0 bridgehead atoms. The fraction of sp³-hybridized carbons (Fsp3) is 0.458. The fourth-order valence-corrected chi connectivity index (χ4v) is 3.88. The molecule has 1 aliphatic rings. The van der Waals surface area contributed by atoms with E-state index in [9.17, 15) is 9.59 Å². The molecule has 0 spiro atoms. The average Bonchev–Trinajstić information content (AvgIpc) is 2.85. The molecule has 0 saturated carbocycles. The fourth-order valence-electron chi connectivity index (χ4n) is 3.88. The summed E-state index contributed by atoms with van der Waals surface area (Å²) in [5.41, 5.74) is 2.10. The monoisotopic (exact) mass is 439 g/mol. The van der Waals surface area contributed by atoms with Gasteiger partial charge in [-0.1, -0.05) is 25.1 Å². The van der Waals surface area contributed by atoms with E-state index in [0.717, 1.165) is 49.6 Å². The van der Waals surface area contributed by atoms with E-state index in [1.807, 2.05) is 42.6 Å². The van der Waals surface area contributed by atoms with Crippen molar-refractivity contribution in [3.8, 4) is 5.75 Å². The minimum Gasteiger partial charge on any atom is -0.497 e. The minimum atomic E-state index is -0.612. The van der Waals surface area contributed by atoms with Gasteiger partial charge in [0.2, 0.25) is 0 Å². The van der Waals surface area contributed by atoms with E-state index in [-0.39, 0.29) is 6.04 Å². The number of nitrogens with one attached hydrogen (secondary N) is 2. The molecule has 1 saturated heterocycles. The van der Waals surface area contributed by atoms with Gasteiger partial charge in [-0.25, -0.2) is 0 Å². The highest BCUT2D eigenvalue weighted by Gasteiger charge is 2.26. The Morgan fingerprint density at radius 2 is 1.78 bits per heavy atom. The lowest BCUT2D eigenvalue weighted by molar-refractivity contribution is -0.139. The van der Waals surface area contributed by atoms with Crippen molar-refractivity contribution in [2.24, 2.45) is 0 Å².